The molecule has 1 rings (SSSR count). The first-order valence-corrected chi connectivity index (χ1v) is 3.55. The zero-order valence-electron chi connectivity index (χ0n) is 3.15. The van der Waals surface area contributed by atoms with Crippen LogP contribution >= 0.6 is 0 Å². The van der Waals surface area contributed by atoms with Gasteiger partial charge < -0.3 is 0 Å². The van der Waals surface area contributed by atoms with Gasteiger partial charge in [-0.2, -0.15) is 0 Å². The van der Waals surface area contributed by atoms with Gasteiger partial charge in [0.05, 0.1) is 0 Å². The number of rotatable bonds is 0. The van der Waals surface area contributed by atoms with Crippen molar-refractivity contribution in [1.82, 2.24) is 0 Å². The minimum absolute atomic E-state index is 1.11. The van der Waals surface area contributed by atoms with E-state index in [1.165, 1.54) is 19.3 Å². The molecule has 0 saturated heterocycles. The third kappa shape index (κ3) is 0.809. The van der Waals surface area contributed by atoms with Crippen LogP contribution in [0.25, 0.3) is 0 Å². The molecule has 30 valence electrons. The predicted octanol–water partition coefficient (Wildman–Crippen LogP) is 0.860. The fourth-order valence-electron chi connectivity index (χ4n) is 0.387. The Labute approximate surface area is 45.9 Å². The second kappa shape index (κ2) is 1.49. The van der Waals surface area contributed by atoms with Crippen molar-refractivity contribution in [3.63, 3.8) is 0 Å². The van der Waals surface area contributed by atoms with Crippen LogP contribution in [0.5, 0.6) is 0 Å². The van der Waals surface area contributed by atoms with Gasteiger partial charge in [-0.3, -0.25) is 0 Å². The summed E-state index contributed by atoms with van der Waals surface area (Å²) in [5.41, 5.74) is 0. The standard InChI is InChI=1S/C4H8Te/c5-4-2-1-3-4/h4-5H,1-3H2. The van der Waals surface area contributed by atoms with Gasteiger partial charge in [0.2, 0.25) is 0 Å². The van der Waals surface area contributed by atoms with E-state index in [0.29, 0.717) is 0 Å². The molecule has 1 fully saturated rings. The van der Waals surface area contributed by atoms with Gasteiger partial charge in [-0.15, -0.1) is 0 Å². The van der Waals surface area contributed by atoms with Gasteiger partial charge in [0.15, 0.2) is 0 Å². The molecule has 0 aromatic carbocycles. The van der Waals surface area contributed by atoms with E-state index in [2.05, 4.69) is 0 Å². The molecule has 5 heavy (non-hydrogen) atoms. The van der Waals surface area contributed by atoms with Gasteiger partial charge >= 0.3 is 45.5 Å². The monoisotopic (exact) mass is 186 g/mol. The van der Waals surface area contributed by atoms with Crippen molar-refractivity contribution in [1.29, 1.82) is 0 Å². The Hall–Kier alpha value is 0.790. The molecule has 0 aromatic heterocycles. The van der Waals surface area contributed by atoms with E-state index in [9.17, 15) is 0 Å². The Morgan fingerprint density at radius 2 is 1.80 bits per heavy atom. The van der Waals surface area contributed by atoms with Crippen LogP contribution in [0.2, 0.25) is 3.97 Å². The van der Waals surface area contributed by atoms with Gasteiger partial charge in [0.25, 0.3) is 0 Å². The molecular weight excluding hydrogens is 176 g/mol. The minimum atomic E-state index is 1.11. The Morgan fingerprint density at radius 1 is 1.40 bits per heavy atom. The molecule has 0 nitrogen and oxygen atoms in total. The van der Waals surface area contributed by atoms with Crippen LogP contribution in [0.15, 0.2) is 0 Å². The van der Waals surface area contributed by atoms with Crippen molar-refractivity contribution in [2.75, 3.05) is 0 Å². The molecule has 1 aliphatic rings. The van der Waals surface area contributed by atoms with Crippen molar-refractivity contribution in [2.24, 2.45) is 0 Å². The van der Waals surface area contributed by atoms with Crippen LogP contribution in [-0.4, -0.2) is 22.3 Å². The van der Waals surface area contributed by atoms with Crippen molar-refractivity contribution < 1.29 is 0 Å². The Morgan fingerprint density at radius 3 is 1.80 bits per heavy atom. The van der Waals surface area contributed by atoms with Gasteiger partial charge in [-0.25, -0.2) is 0 Å². The molecule has 0 aromatic rings. The van der Waals surface area contributed by atoms with E-state index in [0.717, 1.165) is 3.97 Å². The van der Waals surface area contributed by atoms with Crippen LogP contribution in [0, 0.1) is 0 Å². The average molecular weight is 184 g/mol. The third-order valence-corrected chi connectivity index (χ3v) is 2.55. The zero-order valence-corrected chi connectivity index (χ0v) is 5.70. The summed E-state index contributed by atoms with van der Waals surface area (Å²) in [6.45, 7) is 0. The Balaban J connectivity index is 2.08. The maximum atomic E-state index is 2.00. The fraction of sp³-hybridized carbons (Fsp3) is 1.00. The summed E-state index contributed by atoms with van der Waals surface area (Å²) in [6.07, 6.45) is 4.52. The molecule has 1 aliphatic carbocycles. The van der Waals surface area contributed by atoms with E-state index >= 15 is 0 Å². The van der Waals surface area contributed by atoms with Crippen LogP contribution < -0.4 is 0 Å². The topological polar surface area (TPSA) is 0 Å². The molecule has 0 N–H and O–H groups in total. The first kappa shape index (κ1) is 3.96. The second-order valence-electron chi connectivity index (χ2n) is 1.58. The van der Waals surface area contributed by atoms with Crippen molar-refractivity contribution in [2.45, 2.75) is 23.2 Å². The Kier molecular flexibility index (Phi) is 1.18. The molecular formula is C4H8Te. The molecule has 1 saturated carbocycles. The van der Waals surface area contributed by atoms with Gasteiger partial charge in [-0.1, -0.05) is 0 Å². The molecule has 0 atom stereocenters. The summed E-state index contributed by atoms with van der Waals surface area (Å²) < 4.78 is 1.11. The summed E-state index contributed by atoms with van der Waals surface area (Å²) in [6, 6.07) is 0. The van der Waals surface area contributed by atoms with Crippen LogP contribution in [0.1, 0.15) is 19.3 Å². The normalized spacial score (nSPS) is 25.8. The van der Waals surface area contributed by atoms with Crippen LogP contribution in [0.4, 0.5) is 0 Å². The van der Waals surface area contributed by atoms with Crippen molar-refractivity contribution in [3.05, 3.63) is 0 Å². The van der Waals surface area contributed by atoms with E-state index in [-0.39, 0.29) is 0 Å². The fourth-order valence-corrected chi connectivity index (χ4v) is 1.43. The molecule has 0 aliphatic heterocycles. The van der Waals surface area contributed by atoms with Crippen LogP contribution in [-0.2, 0) is 0 Å². The average Bonchev–Trinajstić information content (AvgIpc) is 1.30. The molecule has 0 unspecified atom stereocenters. The Bertz CT molecular complexity index is 30.6. The summed E-state index contributed by atoms with van der Waals surface area (Å²) in [4.78, 5) is 0. The van der Waals surface area contributed by atoms with Gasteiger partial charge in [0.1, 0.15) is 0 Å². The predicted molar refractivity (Wildman–Crippen MR) is 24.7 cm³/mol. The molecule has 0 spiro atoms. The molecule has 0 heterocycles. The van der Waals surface area contributed by atoms with Gasteiger partial charge in [-0.05, 0) is 0 Å². The van der Waals surface area contributed by atoms with Crippen molar-refractivity contribution >= 4 is 22.3 Å². The SMILES string of the molecule is [TeH]C1CCC1. The third-order valence-electron chi connectivity index (χ3n) is 1.07. The quantitative estimate of drug-likeness (QED) is 0.489. The van der Waals surface area contributed by atoms with E-state index in [1.807, 2.05) is 22.3 Å². The molecule has 1 heteroatoms. The number of hydrogen-bond donors (Lipinski definition) is 0. The zero-order chi connectivity index (χ0) is 3.70. The van der Waals surface area contributed by atoms with E-state index in [4.69, 9.17) is 0 Å². The maximum absolute atomic E-state index is 2.00. The summed E-state index contributed by atoms with van der Waals surface area (Å²) >= 11 is 2.00. The molecule has 0 bridgehead atoms. The number of hydrogen-bond acceptors (Lipinski definition) is 0. The summed E-state index contributed by atoms with van der Waals surface area (Å²) in [7, 11) is 0. The molecule has 0 amide bonds. The second-order valence-corrected chi connectivity index (χ2v) is 3.67. The first-order chi connectivity index (χ1) is 2.39. The first-order valence-electron chi connectivity index (χ1n) is 2.07. The van der Waals surface area contributed by atoms with Crippen molar-refractivity contribution in [3.8, 4) is 0 Å². The van der Waals surface area contributed by atoms with E-state index in [1.54, 1.807) is 0 Å². The molecule has 0 radical (unpaired) electrons. The van der Waals surface area contributed by atoms with Gasteiger partial charge in [0, 0.05) is 0 Å². The van der Waals surface area contributed by atoms with E-state index < -0.39 is 0 Å². The van der Waals surface area contributed by atoms with Crippen LogP contribution in [0.3, 0.4) is 0 Å². The summed E-state index contributed by atoms with van der Waals surface area (Å²) in [5, 5.41) is 0. The summed E-state index contributed by atoms with van der Waals surface area (Å²) in [5.74, 6) is 0.